The van der Waals surface area contributed by atoms with Crippen molar-refractivity contribution in [3.63, 3.8) is 0 Å². The van der Waals surface area contributed by atoms with Crippen LogP contribution in [0.3, 0.4) is 0 Å². The Morgan fingerprint density at radius 1 is 1.12 bits per heavy atom. The van der Waals surface area contributed by atoms with Gasteiger partial charge in [0.2, 0.25) is 5.95 Å². The largest absolute Gasteiger partial charge is 0.354 e. The van der Waals surface area contributed by atoms with E-state index < -0.39 is 0 Å². The molecule has 0 saturated carbocycles. The Morgan fingerprint density at radius 3 is 2.32 bits per heavy atom. The summed E-state index contributed by atoms with van der Waals surface area (Å²) >= 11 is 0. The summed E-state index contributed by atoms with van der Waals surface area (Å²) in [5.74, 6) is 0.775. The lowest BCUT2D eigenvalue weighted by atomic mass is 10.0. The Balaban J connectivity index is 2.27. The van der Waals surface area contributed by atoms with E-state index in [1.807, 2.05) is 13.0 Å². The zero-order valence-corrected chi connectivity index (χ0v) is 15.8. The van der Waals surface area contributed by atoms with Crippen molar-refractivity contribution in [2.75, 3.05) is 17.2 Å². The van der Waals surface area contributed by atoms with Crippen LogP contribution in [0.5, 0.6) is 0 Å². The molecule has 134 valence electrons. The molecule has 1 aromatic heterocycles. The summed E-state index contributed by atoms with van der Waals surface area (Å²) in [6.07, 6.45) is 1.74. The molecule has 0 saturated heterocycles. The monoisotopic (exact) mass is 340 g/mol. The van der Waals surface area contributed by atoms with Crippen molar-refractivity contribution in [2.45, 2.75) is 47.5 Å². The van der Waals surface area contributed by atoms with Gasteiger partial charge in [0.1, 0.15) is 5.69 Å². The van der Waals surface area contributed by atoms with Crippen LogP contribution in [0.15, 0.2) is 24.3 Å². The van der Waals surface area contributed by atoms with Crippen LogP contribution >= 0.6 is 0 Å². The summed E-state index contributed by atoms with van der Waals surface area (Å²) in [7, 11) is 0. The first-order valence-electron chi connectivity index (χ1n) is 8.96. The molecule has 5 nitrogen and oxygen atoms in total. The van der Waals surface area contributed by atoms with Crippen molar-refractivity contribution in [3.05, 3.63) is 46.8 Å². The molecule has 0 atom stereocenters. The highest BCUT2D eigenvalue weighted by molar-refractivity contribution is 6.04. The smallest absolute Gasteiger partial charge is 0.274 e. The number of aryl methyl sites for hydroxylation is 3. The molecule has 1 amide bonds. The Kier molecular flexibility index (Phi) is 6.51. The van der Waals surface area contributed by atoms with E-state index in [0.717, 1.165) is 41.9 Å². The van der Waals surface area contributed by atoms with Crippen LogP contribution in [0.4, 0.5) is 11.6 Å². The van der Waals surface area contributed by atoms with E-state index >= 15 is 0 Å². The number of amides is 1. The fourth-order valence-corrected chi connectivity index (χ4v) is 2.64. The molecular formula is C20H28N4O. The molecule has 0 radical (unpaired) electrons. The number of hydrogen-bond donors (Lipinski definition) is 2. The third kappa shape index (κ3) is 5.02. The predicted octanol–water partition coefficient (Wildman–Crippen LogP) is 4.23. The van der Waals surface area contributed by atoms with Gasteiger partial charge in [0.15, 0.2) is 0 Å². The average Bonchev–Trinajstić information content (AvgIpc) is 2.59. The van der Waals surface area contributed by atoms with Crippen LogP contribution < -0.4 is 10.6 Å². The predicted molar refractivity (Wildman–Crippen MR) is 103 cm³/mol. The number of hydrogen-bond acceptors (Lipinski definition) is 4. The molecule has 2 rings (SSSR count). The third-order valence-electron chi connectivity index (χ3n) is 3.99. The first kappa shape index (κ1) is 18.9. The van der Waals surface area contributed by atoms with Gasteiger partial charge in [0.05, 0.1) is 0 Å². The number of anilines is 2. The maximum Gasteiger partial charge on any atom is 0.274 e. The van der Waals surface area contributed by atoms with Crippen molar-refractivity contribution in [1.82, 2.24) is 9.97 Å². The number of rotatable bonds is 7. The van der Waals surface area contributed by atoms with Crippen molar-refractivity contribution >= 4 is 17.5 Å². The lowest BCUT2D eigenvalue weighted by Gasteiger charge is -2.15. The second-order valence-electron chi connectivity index (χ2n) is 6.61. The summed E-state index contributed by atoms with van der Waals surface area (Å²) in [6, 6.07) is 7.86. The van der Waals surface area contributed by atoms with Gasteiger partial charge in [-0.1, -0.05) is 45.9 Å². The third-order valence-corrected chi connectivity index (χ3v) is 3.99. The molecular weight excluding hydrogens is 312 g/mol. The summed E-state index contributed by atoms with van der Waals surface area (Å²) in [4.78, 5) is 21.5. The molecule has 2 aromatic rings. The number of aromatic nitrogens is 2. The number of carbonyl (C=O) groups excluding carboxylic acids is 1. The highest BCUT2D eigenvalue weighted by Gasteiger charge is 2.14. The zero-order chi connectivity index (χ0) is 18.4. The van der Waals surface area contributed by atoms with Gasteiger partial charge >= 0.3 is 0 Å². The summed E-state index contributed by atoms with van der Waals surface area (Å²) in [5, 5.41) is 6.25. The van der Waals surface area contributed by atoms with Gasteiger partial charge in [-0.2, -0.15) is 0 Å². The summed E-state index contributed by atoms with van der Waals surface area (Å²) in [5.41, 5.74) is 4.33. The highest BCUT2D eigenvalue weighted by atomic mass is 16.1. The van der Waals surface area contributed by atoms with E-state index in [1.54, 1.807) is 6.07 Å². The molecule has 1 aromatic carbocycles. The van der Waals surface area contributed by atoms with Crippen LogP contribution in [0.25, 0.3) is 0 Å². The van der Waals surface area contributed by atoms with E-state index in [1.165, 1.54) is 0 Å². The maximum absolute atomic E-state index is 12.8. The molecule has 0 aliphatic carbocycles. The number of carbonyl (C=O) groups is 1. The van der Waals surface area contributed by atoms with E-state index in [4.69, 9.17) is 0 Å². The van der Waals surface area contributed by atoms with Crippen LogP contribution in [-0.4, -0.2) is 22.4 Å². The van der Waals surface area contributed by atoms with E-state index in [0.29, 0.717) is 17.6 Å². The minimum atomic E-state index is -0.200. The molecule has 0 fully saturated rings. The van der Waals surface area contributed by atoms with E-state index in [-0.39, 0.29) is 5.91 Å². The number of benzene rings is 1. The van der Waals surface area contributed by atoms with Crippen molar-refractivity contribution in [3.8, 4) is 0 Å². The molecule has 0 bridgehead atoms. The molecule has 0 aliphatic rings. The standard InChI is InChI=1S/C20H28N4O/c1-6-15-9-8-10-16(7-2)18(15)24-19(25)17-11-14(5)22-20(23-17)21-12-13(3)4/h8-11,13H,6-7,12H2,1-5H3,(H,24,25)(H,21,22,23). The first-order valence-corrected chi connectivity index (χ1v) is 8.96. The Labute approximate surface area is 150 Å². The topological polar surface area (TPSA) is 66.9 Å². The minimum absolute atomic E-state index is 0.200. The minimum Gasteiger partial charge on any atom is -0.354 e. The second-order valence-corrected chi connectivity index (χ2v) is 6.61. The fraction of sp³-hybridized carbons (Fsp3) is 0.450. The summed E-state index contributed by atoms with van der Waals surface area (Å²) < 4.78 is 0. The summed E-state index contributed by atoms with van der Waals surface area (Å²) in [6.45, 7) is 11.1. The maximum atomic E-state index is 12.8. The zero-order valence-electron chi connectivity index (χ0n) is 15.8. The van der Waals surface area contributed by atoms with Gasteiger partial charge in [-0.3, -0.25) is 4.79 Å². The molecule has 0 unspecified atom stereocenters. The molecule has 2 N–H and O–H groups in total. The lowest BCUT2D eigenvalue weighted by Crippen LogP contribution is -2.19. The number of para-hydroxylation sites is 1. The van der Waals surface area contributed by atoms with Gasteiger partial charge < -0.3 is 10.6 Å². The molecule has 0 spiro atoms. The Hall–Kier alpha value is -2.43. The Bertz CT molecular complexity index is 718. The normalized spacial score (nSPS) is 10.8. The van der Waals surface area contributed by atoms with Gasteiger partial charge in [0, 0.05) is 17.9 Å². The van der Waals surface area contributed by atoms with Crippen molar-refractivity contribution < 1.29 is 4.79 Å². The molecule has 1 heterocycles. The first-order chi connectivity index (χ1) is 11.9. The number of nitrogens with one attached hydrogen (secondary N) is 2. The van der Waals surface area contributed by atoms with Crippen molar-refractivity contribution in [1.29, 1.82) is 0 Å². The Morgan fingerprint density at radius 2 is 1.76 bits per heavy atom. The van der Waals surface area contributed by atoms with Crippen LogP contribution in [0.1, 0.15) is 55.0 Å². The average molecular weight is 340 g/mol. The van der Waals surface area contributed by atoms with Gasteiger partial charge in [0.25, 0.3) is 5.91 Å². The highest BCUT2D eigenvalue weighted by Crippen LogP contribution is 2.23. The quantitative estimate of drug-likeness (QED) is 0.791. The lowest BCUT2D eigenvalue weighted by molar-refractivity contribution is 0.102. The molecule has 5 heteroatoms. The van der Waals surface area contributed by atoms with Crippen LogP contribution in [0, 0.1) is 12.8 Å². The number of nitrogens with zero attached hydrogens (tertiary/aromatic N) is 2. The fourth-order valence-electron chi connectivity index (χ4n) is 2.64. The van der Waals surface area contributed by atoms with E-state index in [2.05, 4.69) is 60.4 Å². The molecule has 0 aliphatic heterocycles. The van der Waals surface area contributed by atoms with Crippen molar-refractivity contribution in [2.24, 2.45) is 5.92 Å². The second kappa shape index (κ2) is 8.60. The van der Waals surface area contributed by atoms with Gasteiger partial charge in [-0.25, -0.2) is 9.97 Å². The molecule has 25 heavy (non-hydrogen) atoms. The van der Waals surface area contributed by atoms with Gasteiger partial charge in [-0.05, 0) is 42.9 Å². The van der Waals surface area contributed by atoms with Gasteiger partial charge in [-0.15, -0.1) is 0 Å². The SMILES string of the molecule is CCc1cccc(CC)c1NC(=O)c1cc(C)nc(NCC(C)C)n1. The van der Waals surface area contributed by atoms with Crippen LogP contribution in [0.2, 0.25) is 0 Å². The van der Waals surface area contributed by atoms with Crippen LogP contribution in [-0.2, 0) is 12.8 Å². The van der Waals surface area contributed by atoms with E-state index in [9.17, 15) is 4.79 Å².